The van der Waals surface area contributed by atoms with Gasteiger partial charge in [-0.25, -0.2) is 4.79 Å². The number of alkyl halides is 3. The lowest BCUT2D eigenvalue weighted by molar-refractivity contribution is -0.154. The van der Waals surface area contributed by atoms with E-state index in [0.717, 1.165) is 30.4 Å². The standard InChI is InChI=1S/C31H38F3N7O4/c1-21(2)37-30(43)41-15-5-3-4-14-35-27(42)24-10-6-22(7-11-24)18-26-38-28(40-29(39-26)45-20-31(32,33)34)36-19-23-8-12-25(13-9-23)44-17-16-41/h6-13,21H,3-5,14-20H2,1-2H3,(H,35,42)(H,37,43)(H,36,38,39,40). The molecule has 0 unspecified atom stereocenters. The molecule has 3 N–H and O–H groups in total. The molecule has 242 valence electrons. The van der Waals surface area contributed by atoms with E-state index in [9.17, 15) is 22.8 Å². The molecule has 6 rings (SSSR count). The van der Waals surface area contributed by atoms with Crippen molar-refractivity contribution in [3.05, 3.63) is 71.0 Å². The van der Waals surface area contributed by atoms with E-state index in [1.807, 2.05) is 26.0 Å². The second kappa shape index (κ2) is 15.9. The highest BCUT2D eigenvalue weighted by Gasteiger charge is 2.29. The fraction of sp³-hybridized carbons (Fsp3) is 0.452. The third kappa shape index (κ3) is 11.4. The Balaban J connectivity index is 1.52. The number of hydrogen-bond donors (Lipinski definition) is 3. The zero-order valence-electron chi connectivity index (χ0n) is 25.3. The molecule has 0 saturated carbocycles. The first-order valence-electron chi connectivity index (χ1n) is 14.9. The molecule has 0 fully saturated rings. The Bertz CT molecular complexity index is 1400. The number of fused-ring (bicyclic) bond motifs is 2. The first kappa shape index (κ1) is 33.3. The molecule has 3 aliphatic rings. The van der Waals surface area contributed by atoms with Crippen molar-refractivity contribution < 1.29 is 32.2 Å². The summed E-state index contributed by atoms with van der Waals surface area (Å²) in [5, 5.41) is 8.86. The predicted octanol–water partition coefficient (Wildman–Crippen LogP) is 4.73. The zero-order chi connectivity index (χ0) is 32.2. The Kier molecular flexibility index (Phi) is 11.8. The van der Waals surface area contributed by atoms with Crippen molar-refractivity contribution in [2.75, 3.05) is 38.2 Å². The van der Waals surface area contributed by atoms with Gasteiger partial charge in [0.25, 0.3) is 5.91 Å². The average Bonchev–Trinajstić information content (AvgIpc) is 2.99. The molecule has 3 amide bonds. The Morgan fingerprint density at radius 3 is 2.42 bits per heavy atom. The first-order valence-corrected chi connectivity index (χ1v) is 14.9. The van der Waals surface area contributed by atoms with Crippen LogP contribution in [0, 0.1) is 0 Å². The highest BCUT2D eigenvalue weighted by atomic mass is 19.4. The van der Waals surface area contributed by atoms with Gasteiger partial charge in [0.2, 0.25) is 5.95 Å². The van der Waals surface area contributed by atoms with Gasteiger partial charge in [-0.05, 0) is 68.5 Å². The zero-order valence-corrected chi connectivity index (χ0v) is 25.3. The first-order chi connectivity index (χ1) is 21.5. The van der Waals surface area contributed by atoms with Crippen LogP contribution in [0.15, 0.2) is 48.5 Å². The van der Waals surface area contributed by atoms with E-state index in [2.05, 4.69) is 30.9 Å². The number of carbonyl (C=O) groups excluding carboxylic acids is 2. The molecular formula is C31H38F3N7O4. The molecule has 2 aromatic carbocycles. The van der Waals surface area contributed by atoms with Crippen LogP contribution in [-0.4, -0.2) is 76.9 Å². The fourth-order valence-electron chi connectivity index (χ4n) is 4.44. The number of nitrogens with one attached hydrogen (secondary N) is 3. The van der Waals surface area contributed by atoms with Crippen molar-refractivity contribution in [3.8, 4) is 11.8 Å². The maximum absolute atomic E-state index is 12.8. The lowest BCUT2D eigenvalue weighted by Crippen LogP contribution is -2.45. The van der Waals surface area contributed by atoms with Gasteiger partial charge in [-0.15, -0.1) is 0 Å². The third-order valence-corrected chi connectivity index (χ3v) is 6.70. The van der Waals surface area contributed by atoms with Gasteiger partial charge in [0, 0.05) is 37.7 Å². The number of halogens is 3. The molecule has 0 aliphatic carbocycles. The minimum Gasteiger partial charge on any atom is -0.492 e. The molecule has 1 aromatic heterocycles. The smallest absolute Gasteiger partial charge is 0.422 e. The van der Waals surface area contributed by atoms with Gasteiger partial charge in [0.15, 0.2) is 6.61 Å². The molecule has 3 aliphatic heterocycles. The van der Waals surface area contributed by atoms with E-state index >= 15 is 0 Å². The van der Waals surface area contributed by atoms with Crippen molar-refractivity contribution in [1.82, 2.24) is 30.5 Å². The van der Waals surface area contributed by atoms with E-state index in [0.29, 0.717) is 37.6 Å². The molecule has 0 atom stereocenters. The number of nitrogens with zero attached hydrogens (tertiary/aromatic N) is 4. The normalized spacial score (nSPS) is 15.3. The van der Waals surface area contributed by atoms with E-state index in [1.165, 1.54) is 0 Å². The average molecular weight is 630 g/mol. The van der Waals surface area contributed by atoms with Crippen molar-refractivity contribution in [1.29, 1.82) is 0 Å². The number of benzene rings is 2. The van der Waals surface area contributed by atoms with Crippen molar-refractivity contribution >= 4 is 17.9 Å². The van der Waals surface area contributed by atoms with E-state index in [4.69, 9.17) is 9.47 Å². The van der Waals surface area contributed by atoms with Crippen LogP contribution >= 0.6 is 0 Å². The van der Waals surface area contributed by atoms with Crippen molar-refractivity contribution in [3.63, 3.8) is 0 Å². The van der Waals surface area contributed by atoms with Gasteiger partial charge < -0.3 is 30.3 Å². The molecule has 45 heavy (non-hydrogen) atoms. The molecule has 4 heterocycles. The van der Waals surface area contributed by atoms with Crippen LogP contribution in [0.3, 0.4) is 0 Å². The minimum atomic E-state index is -4.56. The monoisotopic (exact) mass is 629 g/mol. The van der Waals surface area contributed by atoms with Crippen LogP contribution in [0.2, 0.25) is 0 Å². The Morgan fingerprint density at radius 2 is 1.71 bits per heavy atom. The summed E-state index contributed by atoms with van der Waals surface area (Å²) in [5.41, 5.74) is 2.07. The van der Waals surface area contributed by atoms with E-state index in [1.54, 1.807) is 41.3 Å². The van der Waals surface area contributed by atoms with Gasteiger partial charge in [0.1, 0.15) is 18.2 Å². The molecule has 3 aromatic rings. The van der Waals surface area contributed by atoms with Gasteiger partial charge in [0.05, 0.1) is 6.54 Å². The number of urea groups is 1. The SMILES string of the molecule is CC(C)NC(=O)N1CCCCCNC(=O)c2ccc(cc2)Cc2nc(nc(OCC(F)(F)F)n2)NCc2ccc(cc2)OCC1. The van der Waals surface area contributed by atoms with Crippen LogP contribution in [0.4, 0.5) is 23.9 Å². The fourth-order valence-corrected chi connectivity index (χ4v) is 4.44. The summed E-state index contributed by atoms with van der Waals surface area (Å²) in [6.07, 6.45) is -2.03. The van der Waals surface area contributed by atoms with Gasteiger partial charge in [-0.2, -0.15) is 28.1 Å². The molecular weight excluding hydrogens is 591 g/mol. The summed E-state index contributed by atoms with van der Waals surface area (Å²) in [6, 6.07) is 13.5. The maximum atomic E-state index is 12.8. The summed E-state index contributed by atoms with van der Waals surface area (Å²) < 4.78 is 49.2. The highest BCUT2D eigenvalue weighted by Crippen LogP contribution is 2.19. The summed E-state index contributed by atoms with van der Waals surface area (Å²) in [5.74, 6) is 0.662. The largest absolute Gasteiger partial charge is 0.492 e. The van der Waals surface area contributed by atoms with Crippen LogP contribution in [0.5, 0.6) is 11.8 Å². The van der Waals surface area contributed by atoms with Gasteiger partial charge in [-0.1, -0.05) is 24.3 Å². The Labute approximate surface area is 259 Å². The van der Waals surface area contributed by atoms with E-state index < -0.39 is 18.8 Å². The number of ether oxygens (including phenoxy) is 2. The molecule has 6 bridgehead atoms. The topological polar surface area (TPSA) is 131 Å². The van der Waals surface area contributed by atoms with Gasteiger partial charge in [-0.3, -0.25) is 4.79 Å². The summed E-state index contributed by atoms with van der Waals surface area (Å²) in [7, 11) is 0. The predicted molar refractivity (Wildman–Crippen MR) is 161 cm³/mol. The lowest BCUT2D eigenvalue weighted by Gasteiger charge is -2.24. The van der Waals surface area contributed by atoms with Crippen LogP contribution in [-0.2, 0) is 13.0 Å². The van der Waals surface area contributed by atoms with Crippen LogP contribution in [0.1, 0.15) is 60.4 Å². The molecule has 0 saturated heterocycles. The van der Waals surface area contributed by atoms with Crippen LogP contribution < -0.4 is 25.4 Å². The van der Waals surface area contributed by atoms with E-state index in [-0.39, 0.29) is 42.7 Å². The summed E-state index contributed by atoms with van der Waals surface area (Å²) in [6.45, 7) is 4.29. The second-order valence-corrected chi connectivity index (χ2v) is 10.9. The number of rotatable bonds is 3. The number of aromatic nitrogens is 3. The van der Waals surface area contributed by atoms with Crippen molar-refractivity contribution in [2.45, 2.75) is 58.3 Å². The number of amides is 3. The number of hydrogen-bond acceptors (Lipinski definition) is 8. The molecule has 11 nitrogen and oxygen atoms in total. The second-order valence-electron chi connectivity index (χ2n) is 10.9. The van der Waals surface area contributed by atoms with Gasteiger partial charge >= 0.3 is 18.2 Å². The number of carbonyl (C=O) groups is 2. The van der Waals surface area contributed by atoms with Crippen LogP contribution in [0.25, 0.3) is 0 Å². The minimum absolute atomic E-state index is 0.000809. The summed E-state index contributed by atoms with van der Waals surface area (Å²) in [4.78, 5) is 39.6. The molecule has 14 heteroatoms. The number of anilines is 1. The lowest BCUT2D eigenvalue weighted by atomic mass is 10.1. The Morgan fingerprint density at radius 1 is 0.978 bits per heavy atom. The third-order valence-electron chi connectivity index (χ3n) is 6.70. The summed E-state index contributed by atoms with van der Waals surface area (Å²) >= 11 is 0. The molecule has 0 spiro atoms. The Hall–Kier alpha value is -4.62. The van der Waals surface area contributed by atoms with Crippen molar-refractivity contribution in [2.24, 2.45) is 0 Å². The quantitative estimate of drug-likeness (QED) is 0.379. The maximum Gasteiger partial charge on any atom is 0.422 e. The molecule has 0 radical (unpaired) electrons. The highest BCUT2D eigenvalue weighted by molar-refractivity contribution is 5.94.